The average molecular weight is 505 g/mol. The maximum Gasteiger partial charge on any atom is 0.236 e. The molecule has 1 amide bonds. The lowest BCUT2D eigenvalue weighted by Crippen LogP contribution is -2.39. The van der Waals surface area contributed by atoms with Crippen LogP contribution in [0.25, 0.3) is 28.1 Å². The second kappa shape index (κ2) is 10.7. The van der Waals surface area contributed by atoms with E-state index in [0.717, 1.165) is 24.1 Å². The van der Waals surface area contributed by atoms with E-state index in [0.29, 0.717) is 47.9 Å². The molecule has 0 atom stereocenters. The van der Waals surface area contributed by atoms with Crippen LogP contribution in [-0.4, -0.2) is 64.8 Å². The summed E-state index contributed by atoms with van der Waals surface area (Å²) in [4.78, 5) is 16.0. The first-order chi connectivity index (χ1) is 17.6. The zero-order valence-corrected chi connectivity index (χ0v) is 22.3. The van der Waals surface area contributed by atoms with E-state index < -0.39 is 0 Å². The van der Waals surface area contributed by atoms with Gasteiger partial charge in [-0.3, -0.25) is 9.69 Å². The van der Waals surface area contributed by atoms with Gasteiger partial charge < -0.3 is 25.0 Å². The number of hydrogen-bond donors (Lipinski definition) is 3. The number of amides is 1. The molecule has 0 bridgehead atoms. The lowest BCUT2D eigenvalue weighted by Gasteiger charge is -2.29. The third kappa shape index (κ3) is 5.34. The van der Waals surface area contributed by atoms with Gasteiger partial charge in [-0.2, -0.15) is 0 Å². The lowest BCUT2D eigenvalue weighted by molar-refractivity contribution is -0.130. The second-order valence-corrected chi connectivity index (χ2v) is 10.1. The minimum atomic E-state index is -0.0842. The molecule has 37 heavy (non-hydrogen) atoms. The number of nitrogens with zero attached hydrogens (tertiary/aromatic N) is 3. The van der Waals surface area contributed by atoms with Crippen LogP contribution >= 0.6 is 0 Å². The van der Waals surface area contributed by atoms with Crippen LogP contribution in [0.5, 0.6) is 11.5 Å². The van der Waals surface area contributed by atoms with Gasteiger partial charge in [0, 0.05) is 39.8 Å². The molecule has 0 radical (unpaired) electrons. The van der Waals surface area contributed by atoms with Gasteiger partial charge in [0.25, 0.3) is 0 Å². The minimum absolute atomic E-state index is 0.0423. The lowest BCUT2D eigenvalue weighted by atomic mass is 9.91. The molecule has 0 saturated carbocycles. The van der Waals surface area contributed by atoms with E-state index in [-0.39, 0.29) is 23.3 Å². The highest BCUT2D eigenvalue weighted by molar-refractivity contribution is 5.90. The first kappa shape index (κ1) is 26.3. The second-order valence-electron chi connectivity index (χ2n) is 10.1. The standard InChI is InChI=1S/C29H36N4O4/c1-7-30-18(4)28-27(29(37-31-28)23-13-22(17(2)3)24(34)14-25(23)35)20-8-9-21-15-33(11-10-19(21)12-20)16-26(36)32(5)6/h8-9,12-14,17,30,34-35H,4,7,10-11,15-16H2,1-3,5-6H3. The maximum atomic E-state index is 12.2. The van der Waals surface area contributed by atoms with Gasteiger partial charge in [-0.05, 0) is 47.6 Å². The van der Waals surface area contributed by atoms with Crippen molar-refractivity contribution in [2.75, 3.05) is 33.7 Å². The Morgan fingerprint density at radius 2 is 1.95 bits per heavy atom. The SMILES string of the molecule is C=C(NCC)c1noc(-c2cc(C(C)C)c(O)cc2O)c1-c1ccc2c(c1)CCN(CC(=O)N(C)C)C2. The summed E-state index contributed by atoms with van der Waals surface area (Å²) in [7, 11) is 3.55. The number of nitrogens with one attached hydrogen (secondary N) is 1. The highest BCUT2D eigenvalue weighted by Crippen LogP contribution is 2.44. The van der Waals surface area contributed by atoms with Crippen LogP contribution in [0.15, 0.2) is 41.4 Å². The average Bonchev–Trinajstić information content (AvgIpc) is 3.28. The Bertz CT molecular complexity index is 1330. The Morgan fingerprint density at radius 3 is 2.62 bits per heavy atom. The Labute approximate surface area is 218 Å². The normalized spacial score (nSPS) is 13.5. The fourth-order valence-electron chi connectivity index (χ4n) is 4.72. The quantitative estimate of drug-likeness (QED) is 0.413. The molecule has 1 aromatic heterocycles. The van der Waals surface area contributed by atoms with Crippen molar-refractivity contribution in [3.63, 3.8) is 0 Å². The number of phenolic OH excluding ortho intramolecular Hbond substituents is 2. The molecule has 1 aliphatic heterocycles. The van der Waals surface area contributed by atoms with Gasteiger partial charge in [0.15, 0.2) is 5.76 Å². The van der Waals surface area contributed by atoms with Crippen LogP contribution in [0, 0.1) is 0 Å². The number of carbonyl (C=O) groups is 1. The molecule has 0 spiro atoms. The van der Waals surface area contributed by atoms with Crippen molar-refractivity contribution in [3.05, 3.63) is 59.3 Å². The summed E-state index contributed by atoms with van der Waals surface area (Å²) >= 11 is 0. The van der Waals surface area contributed by atoms with Crippen molar-refractivity contribution in [2.45, 2.75) is 39.7 Å². The highest BCUT2D eigenvalue weighted by Gasteiger charge is 2.26. The van der Waals surface area contributed by atoms with E-state index in [1.54, 1.807) is 25.1 Å². The van der Waals surface area contributed by atoms with Gasteiger partial charge in [0.05, 0.1) is 23.4 Å². The van der Waals surface area contributed by atoms with Crippen molar-refractivity contribution >= 4 is 11.6 Å². The molecule has 3 N–H and O–H groups in total. The third-order valence-electron chi connectivity index (χ3n) is 6.82. The fourth-order valence-corrected chi connectivity index (χ4v) is 4.72. The van der Waals surface area contributed by atoms with Gasteiger partial charge in [-0.25, -0.2) is 0 Å². The van der Waals surface area contributed by atoms with Gasteiger partial charge in [-0.1, -0.05) is 43.8 Å². The molecule has 196 valence electrons. The molecule has 0 saturated heterocycles. The van der Waals surface area contributed by atoms with Crippen LogP contribution in [0.1, 0.15) is 49.1 Å². The summed E-state index contributed by atoms with van der Waals surface area (Å²) in [5.41, 5.74) is 6.39. The monoisotopic (exact) mass is 504 g/mol. The Kier molecular flexibility index (Phi) is 7.59. The van der Waals surface area contributed by atoms with E-state index >= 15 is 0 Å². The summed E-state index contributed by atoms with van der Waals surface area (Å²) in [6.45, 7) is 12.7. The molecule has 8 nitrogen and oxygen atoms in total. The maximum absolute atomic E-state index is 12.2. The van der Waals surface area contributed by atoms with E-state index in [9.17, 15) is 15.0 Å². The van der Waals surface area contributed by atoms with Crippen molar-refractivity contribution in [1.82, 2.24) is 20.3 Å². The summed E-state index contributed by atoms with van der Waals surface area (Å²) in [6, 6.07) is 9.36. The number of aromatic hydroxyl groups is 2. The molecule has 0 unspecified atom stereocenters. The van der Waals surface area contributed by atoms with Crippen LogP contribution in [0.3, 0.4) is 0 Å². The van der Waals surface area contributed by atoms with E-state index in [2.05, 4.69) is 34.1 Å². The van der Waals surface area contributed by atoms with Crippen molar-refractivity contribution in [1.29, 1.82) is 0 Å². The molecule has 4 rings (SSSR count). The highest BCUT2D eigenvalue weighted by atomic mass is 16.5. The molecule has 2 heterocycles. The summed E-state index contributed by atoms with van der Waals surface area (Å²) in [5, 5.41) is 28.7. The van der Waals surface area contributed by atoms with Crippen molar-refractivity contribution in [2.24, 2.45) is 0 Å². The molecular formula is C29H36N4O4. The first-order valence-electron chi connectivity index (χ1n) is 12.6. The number of aromatic nitrogens is 1. The van der Waals surface area contributed by atoms with Crippen molar-refractivity contribution < 1.29 is 19.5 Å². The zero-order chi connectivity index (χ0) is 26.9. The van der Waals surface area contributed by atoms with Crippen molar-refractivity contribution in [3.8, 4) is 33.9 Å². The van der Waals surface area contributed by atoms with E-state index in [4.69, 9.17) is 4.52 Å². The molecule has 0 aliphatic carbocycles. The predicted octanol–water partition coefficient (Wildman–Crippen LogP) is 4.57. The Morgan fingerprint density at radius 1 is 1.19 bits per heavy atom. The summed E-state index contributed by atoms with van der Waals surface area (Å²) in [5.74, 6) is 0.519. The Balaban J connectivity index is 1.78. The van der Waals surface area contributed by atoms with Gasteiger partial charge in [0.1, 0.15) is 17.2 Å². The first-order valence-corrected chi connectivity index (χ1v) is 12.6. The molecular weight excluding hydrogens is 468 g/mol. The minimum Gasteiger partial charge on any atom is -0.508 e. The van der Waals surface area contributed by atoms with Crippen LogP contribution in [0.2, 0.25) is 0 Å². The number of hydrogen-bond acceptors (Lipinski definition) is 7. The fraction of sp³-hybridized carbons (Fsp3) is 0.379. The zero-order valence-electron chi connectivity index (χ0n) is 22.3. The summed E-state index contributed by atoms with van der Waals surface area (Å²) in [6.07, 6.45) is 0.815. The van der Waals surface area contributed by atoms with Crippen LogP contribution in [0.4, 0.5) is 0 Å². The molecule has 8 heteroatoms. The number of likely N-dealkylation sites (N-methyl/N-ethyl adjacent to an activating group) is 1. The predicted molar refractivity (Wildman–Crippen MR) is 145 cm³/mol. The summed E-state index contributed by atoms with van der Waals surface area (Å²) < 4.78 is 5.84. The topological polar surface area (TPSA) is 102 Å². The number of phenols is 2. The van der Waals surface area contributed by atoms with Gasteiger partial charge in [0.2, 0.25) is 5.91 Å². The van der Waals surface area contributed by atoms with Crippen LogP contribution in [-0.2, 0) is 17.8 Å². The Hall–Kier alpha value is -3.78. The molecule has 3 aromatic rings. The van der Waals surface area contributed by atoms with E-state index in [1.807, 2.05) is 26.8 Å². The third-order valence-corrected chi connectivity index (χ3v) is 6.82. The molecule has 2 aromatic carbocycles. The smallest absolute Gasteiger partial charge is 0.236 e. The van der Waals surface area contributed by atoms with Crippen LogP contribution < -0.4 is 5.32 Å². The number of carbonyl (C=O) groups excluding carboxylic acids is 1. The molecule has 1 aliphatic rings. The largest absolute Gasteiger partial charge is 0.508 e. The number of rotatable bonds is 8. The number of benzene rings is 2. The molecule has 0 fully saturated rings. The van der Waals surface area contributed by atoms with E-state index in [1.165, 1.54) is 17.2 Å². The van der Waals surface area contributed by atoms with Gasteiger partial charge in [-0.15, -0.1) is 0 Å². The number of fused-ring (bicyclic) bond motifs is 1. The van der Waals surface area contributed by atoms with Gasteiger partial charge >= 0.3 is 0 Å².